The molecule has 0 atom stereocenters. The van der Waals surface area contributed by atoms with Crippen molar-refractivity contribution >= 4 is 53.0 Å². The highest BCUT2D eigenvalue weighted by molar-refractivity contribution is 14.0. The highest BCUT2D eigenvalue weighted by Crippen LogP contribution is 2.08. The number of hydrogen-bond donors (Lipinski definition) is 2. The Balaban J connectivity index is 0.00000264. The van der Waals surface area contributed by atoms with Crippen LogP contribution in [0.3, 0.4) is 0 Å². The van der Waals surface area contributed by atoms with Crippen LogP contribution in [0.25, 0.3) is 0 Å². The van der Waals surface area contributed by atoms with Crippen LogP contribution in [0, 0.1) is 0 Å². The molecule has 4 nitrogen and oxygen atoms in total. The number of thioether (sulfide) groups is 1. The van der Waals surface area contributed by atoms with Crippen molar-refractivity contribution in [2.24, 2.45) is 4.99 Å². The summed E-state index contributed by atoms with van der Waals surface area (Å²) in [6, 6.07) is 8.18. The zero-order chi connectivity index (χ0) is 15.5. The Morgan fingerprint density at radius 3 is 2.70 bits per heavy atom. The minimum absolute atomic E-state index is 0. The van der Waals surface area contributed by atoms with Crippen molar-refractivity contribution in [2.75, 3.05) is 31.6 Å². The quantitative estimate of drug-likeness (QED) is 0.257. The normalized spacial score (nSPS) is 11.1. The standard InChI is InChI=1S/C16H23N3OS2.HI/c1-21-13-10-19-16(17-8-6-14-4-2-11-20-14)18-9-7-15-5-3-12-22-15;/h2-5,11-12H,6-10,13H2,1H3,(H2,17,18,19);1H. The molecule has 0 fully saturated rings. The van der Waals surface area contributed by atoms with Crippen LogP contribution < -0.4 is 10.6 Å². The van der Waals surface area contributed by atoms with E-state index in [1.807, 2.05) is 23.9 Å². The van der Waals surface area contributed by atoms with E-state index >= 15 is 0 Å². The van der Waals surface area contributed by atoms with Crippen LogP contribution in [-0.4, -0.2) is 37.6 Å². The molecule has 0 spiro atoms. The zero-order valence-corrected chi connectivity index (χ0v) is 17.3. The molecule has 2 N–H and O–H groups in total. The second kappa shape index (κ2) is 12.7. The summed E-state index contributed by atoms with van der Waals surface area (Å²) >= 11 is 3.61. The van der Waals surface area contributed by atoms with Crippen LogP contribution in [0.2, 0.25) is 0 Å². The van der Waals surface area contributed by atoms with Crippen LogP contribution >= 0.6 is 47.1 Å². The molecule has 0 unspecified atom stereocenters. The predicted octanol–water partition coefficient (Wildman–Crippen LogP) is 3.64. The molecule has 2 aromatic heterocycles. The second-order valence-corrected chi connectivity index (χ2v) is 6.75. The molecule has 0 aromatic carbocycles. The number of guanidine groups is 1. The number of thiophene rings is 1. The molecule has 0 aliphatic carbocycles. The molecule has 0 bridgehead atoms. The number of aliphatic imine (C=N–C) groups is 1. The fraction of sp³-hybridized carbons (Fsp3) is 0.438. The molecule has 23 heavy (non-hydrogen) atoms. The van der Waals surface area contributed by atoms with Gasteiger partial charge in [0.1, 0.15) is 5.76 Å². The molecule has 0 amide bonds. The lowest BCUT2D eigenvalue weighted by Crippen LogP contribution is -2.39. The van der Waals surface area contributed by atoms with Gasteiger partial charge in [-0.2, -0.15) is 11.8 Å². The van der Waals surface area contributed by atoms with E-state index in [-0.39, 0.29) is 24.0 Å². The van der Waals surface area contributed by atoms with Crippen molar-refractivity contribution in [3.63, 3.8) is 0 Å². The van der Waals surface area contributed by atoms with E-state index in [1.165, 1.54) is 4.88 Å². The van der Waals surface area contributed by atoms with Gasteiger partial charge in [0.05, 0.1) is 12.8 Å². The molecule has 2 heterocycles. The van der Waals surface area contributed by atoms with Crippen molar-refractivity contribution < 1.29 is 4.42 Å². The third kappa shape index (κ3) is 8.66. The van der Waals surface area contributed by atoms with Gasteiger partial charge in [0.15, 0.2) is 5.96 Å². The third-order valence-corrected chi connectivity index (χ3v) is 4.58. The molecule has 2 rings (SSSR count). The predicted molar refractivity (Wildman–Crippen MR) is 113 cm³/mol. The van der Waals surface area contributed by atoms with E-state index in [9.17, 15) is 0 Å². The van der Waals surface area contributed by atoms with Gasteiger partial charge in [0.2, 0.25) is 0 Å². The number of hydrogen-bond acceptors (Lipinski definition) is 4. The van der Waals surface area contributed by atoms with Crippen molar-refractivity contribution in [2.45, 2.75) is 12.8 Å². The molecule has 7 heteroatoms. The Kier molecular flexibility index (Phi) is 11.3. The summed E-state index contributed by atoms with van der Waals surface area (Å²) in [5, 5.41) is 8.89. The largest absolute Gasteiger partial charge is 0.469 e. The molecule has 0 aliphatic heterocycles. The summed E-state index contributed by atoms with van der Waals surface area (Å²) in [5.41, 5.74) is 0. The number of nitrogens with zero attached hydrogens (tertiary/aromatic N) is 1. The van der Waals surface area contributed by atoms with Gasteiger partial charge in [-0.05, 0) is 36.3 Å². The van der Waals surface area contributed by atoms with E-state index in [0.29, 0.717) is 0 Å². The Hall–Kier alpha value is -0.670. The van der Waals surface area contributed by atoms with Gasteiger partial charge in [-0.3, -0.25) is 4.99 Å². The maximum absolute atomic E-state index is 5.34. The first kappa shape index (κ1) is 20.4. The third-order valence-electron chi connectivity index (χ3n) is 3.05. The minimum atomic E-state index is 0. The van der Waals surface area contributed by atoms with Gasteiger partial charge in [-0.1, -0.05) is 6.07 Å². The van der Waals surface area contributed by atoms with Gasteiger partial charge < -0.3 is 15.1 Å². The number of nitrogens with one attached hydrogen (secondary N) is 2. The molecule has 0 saturated carbocycles. The zero-order valence-electron chi connectivity index (χ0n) is 13.3. The number of halogens is 1. The molecular weight excluding hydrogens is 441 g/mol. The number of rotatable bonds is 9. The first-order valence-corrected chi connectivity index (χ1v) is 9.71. The highest BCUT2D eigenvalue weighted by atomic mass is 127. The first-order valence-electron chi connectivity index (χ1n) is 7.44. The molecular formula is C16H24IN3OS2. The van der Waals surface area contributed by atoms with Crippen molar-refractivity contribution in [1.29, 1.82) is 0 Å². The summed E-state index contributed by atoms with van der Waals surface area (Å²) in [6.07, 6.45) is 5.70. The van der Waals surface area contributed by atoms with Crippen LogP contribution in [-0.2, 0) is 12.8 Å². The number of furan rings is 1. The SMILES string of the molecule is CSCCN=C(NCCc1ccco1)NCCc1cccs1.I. The maximum atomic E-state index is 5.34. The molecule has 0 aliphatic rings. The Morgan fingerprint density at radius 2 is 2.04 bits per heavy atom. The molecule has 128 valence electrons. The molecule has 2 aromatic rings. The Bertz CT molecular complexity index is 487. The van der Waals surface area contributed by atoms with Gasteiger partial charge in [-0.15, -0.1) is 35.3 Å². The van der Waals surface area contributed by atoms with Crippen LogP contribution in [0.5, 0.6) is 0 Å². The fourth-order valence-electron chi connectivity index (χ4n) is 1.94. The maximum Gasteiger partial charge on any atom is 0.191 e. The van der Waals surface area contributed by atoms with E-state index in [1.54, 1.807) is 17.6 Å². The van der Waals surface area contributed by atoms with E-state index in [0.717, 1.165) is 49.9 Å². The summed E-state index contributed by atoms with van der Waals surface area (Å²) in [4.78, 5) is 5.99. The topological polar surface area (TPSA) is 49.6 Å². The first-order chi connectivity index (χ1) is 10.9. The van der Waals surface area contributed by atoms with E-state index in [2.05, 4.69) is 39.4 Å². The summed E-state index contributed by atoms with van der Waals surface area (Å²) < 4.78 is 5.34. The Labute approximate surface area is 163 Å². The lowest BCUT2D eigenvalue weighted by atomic mass is 10.3. The van der Waals surface area contributed by atoms with E-state index < -0.39 is 0 Å². The van der Waals surface area contributed by atoms with Gasteiger partial charge in [0, 0.05) is 30.1 Å². The summed E-state index contributed by atoms with van der Waals surface area (Å²) in [6.45, 7) is 2.54. The molecule has 0 radical (unpaired) electrons. The second-order valence-electron chi connectivity index (χ2n) is 4.74. The van der Waals surface area contributed by atoms with Gasteiger partial charge in [-0.25, -0.2) is 0 Å². The smallest absolute Gasteiger partial charge is 0.191 e. The lowest BCUT2D eigenvalue weighted by molar-refractivity contribution is 0.507. The van der Waals surface area contributed by atoms with E-state index in [4.69, 9.17) is 4.42 Å². The van der Waals surface area contributed by atoms with Gasteiger partial charge in [0.25, 0.3) is 0 Å². The summed E-state index contributed by atoms with van der Waals surface area (Å²) in [5.74, 6) is 2.92. The van der Waals surface area contributed by atoms with Gasteiger partial charge >= 0.3 is 0 Å². The molecule has 0 saturated heterocycles. The highest BCUT2D eigenvalue weighted by Gasteiger charge is 2.01. The minimum Gasteiger partial charge on any atom is -0.469 e. The summed E-state index contributed by atoms with van der Waals surface area (Å²) in [7, 11) is 0. The van der Waals surface area contributed by atoms with Crippen LogP contribution in [0.4, 0.5) is 0 Å². The van der Waals surface area contributed by atoms with Crippen molar-refractivity contribution in [3.05, 3.63) is 46.5 Å². The van der Waals surface area contributed by atoms with Crippen LogP contribution in [0.15, 0.2) is 45.3 Å². The van der Waals surface area contributed by atoms with Crippen molar-refractivity contribution in [1.82, 2.24) is 10.6 Å². The Morgan fingerprint density at radius 1 is 1.22 bits per heavy atom. The average molecular weight is 465 g/mol. The fourth-order valence-corrected chi connectivity index (χ4v) is 2.92. The lowest BCUT2D eigenvalue weighted by Gasteiger charge is -2.12. The van der Waals surface area contributed by atoms with Crippen molar-refractivity contribution in [3.8, 4) is 0 Å². The monoisotopic (exact) mass is 465 g/mol. The van der Waals surface area contributed by atoms with Crippen LogP contribution in [0.1, 0.15) is 10.6 Å². The average Bonchev–Trinajstić information content (AvgIpc) is 3.20.